The van der Waals surface area contributed by atoms with Crippen LogP contribution in [-0.2, 0) is 0 Å². The molecule has 0 bridgehead atoms. The van der Waals surface area contributed by atoms with Gasteiger partial charge >= 0.3 is 6.03 Å². The van der Waals surface area contributed by atoms with Crippen molar-refractivity contribution in [3.05, 3.63) is 65.0 Å². The van der Waals surface area contributed by atoms with Crippen LogP contribution in [-0.4, -0.2) is 17.5 Å². The highest BCUT2D eigenvalue weighted by atomic mass is 19.1. The third-order valence-electron chi connectivity index (χ3n) is 4.36. The first kappa shape index (κ1) is 15.5. The average Bonchev–Trinajstić information content (AvgIpc) is 3.00. The van der Waals surface area contributed by atoms with Crippen LogP contribution in [0.5, 0.6) is 0 Å². The van der Waals surface area contributed by atoms with E-state index in [-0.39, 0.29) is 17.9 Å². The number of benzene rings is 2. The lowest BCUT2D eigenvalue weighted by atomic mass is 10.0. The molecule has 0 radical (unpaired) electrons. The van der Waals surface area contributed by atoms with E-state index in [1.54, 1.807) is 19.1 Å². The molecule has 1 aliphatic heterocycles. The summed E-state index contributed by atoms with van der Waals surface area (Å²) in [6.07, 6.45) is 1.94. The molecule has 0 spiro atoms. The molecule has 1 unspecified atom stereocenters. The maximum Gasteiger partial charge on any atom is 0.322 e. The molecule has 120 valence electrons. The first-order valence-electron chi connectivity index (χ1n) is 7.95. The van der Waals surface area contributed by atoms with Gasteiger partial charge in [0.15, 0.2) is 0 Å². The Morgan fingerprint density at radius 2 is 2.04 bits per heavy atom. The number of rotatable bonds is 2. The van der Waals surface area contributed by atoms with Crippen LogP contribution < -0.4 is 5.32 Å². The Morgan fingerprint density at radius 3 is 2.78 bits per heavy atom. The van der Waals surface area contributed by atoms with Crippen molar-refractivity contribution in [3.63, 3.8) is 0 Å². The Bertz CT molecular complexity index is 729. The normalized spacial score (nSPS) is 17.3. The lowest BCUT2D eigenvalue weighted by Gasteiger charge is -2.25. The third kappa shape index (κ3) is 3.36. The highest BCUT2D eigenvalue weighted by molar-refractivity contribution is 5.89. The zero-order valence-electron chi connectivity index (χ0n) is 13.5. The molecule has 3 nitrogen and oxygen atoms in total. The van der Waals surface area contributed by atoms with Crippen molar-refractivity contribution in [1.29, 1.82) is 0 Å². The standard InChI is InChI=1S/C19H21FN2O/c1-13-5-3-6-15(11-13)18-7-4-10-22(18)19(23)21-16-9-8-14(2)17(20)12-16/h3,5-6,8-9,11-12,18H,4,7,10H2,1-2H3,(H,21,23). The van der Waals surface area contributed by atoms with E-state index in [1.807, 2.05) is 11.0 Å². The summed E-state index contributed by atoms with van der Waals surface area (Å²) in [6.45, 7) is 4.48. The molecule has 4 heteroatoms. The van der Waals surface area contributed by atoms with Gasteiger partial charge in [-0.05, 0) is 49.9 Å². The number of halogens is 1. The number of nitrogens with one attached hydrogen (secondary N) is 1. The minimum absolute atomic E-state index is 0.0881. The molecule has 1 atom stereocenters. The summed E-state index contributed by atoms with van der Waals surface area (Å²) in [7, 11) is 0. The van der Waals surface area contributed by atoms with Crippen LogP contribution in [0.1, 0.15) is 35.6 Å². The predicted molar refractivity (Wildman–Crippen MR) is 90.0 cm³/mol. The Labute approximate surface area is 136 Å². The van der Waals surface area contributed by atoms with Crippen molar-refractivity contribution in [2.45, 2.75) is 32.7 Å². The molecule has 3 rings (SSSR count). The van der Waals surface area contributed by atoms with E-state index >= 15 is 0 Å². The van der Waals surface area contributed by atoms with Gasteiger partial charge < -0.3 is 10.2 Å². The van der Waals surface area contributed by atoms with Gasteiger partial charge in [-0.2, -0.15) is 0 Å². The number of carbonyl (C=O) groups excluding carboxylic acids is 1. The summed E-state index contributed by atoms with van der Waals surface area (Å²) < 4.78 is 13.6. The minimum Gasteiger partial charge on any atom is -0.317 e. The van der Waals surface area contributed by atoms with Crippen LogP contribution in [0.4, 0.5) is 14.9 Å². The first-order chi connectivity index (χ1) is 11.0. The molecule has 23 heavy (non-hydrogen) atoms. The molecule has 1 N–H and O–H groups in total. The topological polar surface area (TPSA) is 32.3 Å². The summed E-state index contributed by atoms with van der Waals surface area (Å²) in [5.74, 6) is -0.306. The Balaban J connectivity index is 1.76. The van der Waals surface area contributed by atoms with Crippen LogP contribution in [0.25, 0.3) is 0 Å². The molecule has 2 aromatic rings. The number of likely N-dealkylation sites (tertiary alicyclic amines) is 1. The highest BCUT2D eigenvalue weighted by Gasteiger charge is 2.30. The first-order valence-corrected chi connectivity index (χ1v) is 7.95. The molecule has 0 saturated carbocycles. The summed E-state index contributed by atoms with van der Waals surface area (Å²) in [5.41, 5.74) is 3.41. The van der Waals surface area contributed by atoms with E-state index in [2.05, 4.69) is 30.4 Å². The number of nitrogens with zero attached hydrogens (tertiary/aromatic N) is 1. The van der Waals surface area contributed by atoms with Crippen molar-refractivity contribution < 1.29 is 9.18 Å². The van der Waals surface area contributed by atoms with Gasteiger partial charge in [0, 0.05) is 12.2 Å². The van der Waals surface area contributed by atoms with E-state index < -0.39 is 0 Å². The maximum atomic E-state index is 13.6. The molecule has 1 aliphatic rings. The monoisotopic (exact) mass is 312 g/mol. The van der Waals surface area contributed by atoms with Gasteiger partial charge in [0.1, 0.15) is 5.82 Å². The van der Waals surface area contributed by atoms with Gasteiger partial charge in [0.25, 0.3) is 0 Å². The largest absolute Gasteiger partial charge is 0.322 e. The van der Waals surface area contributed by atoms with Crippen LogP contribution in [0, 0.1) is 19.7 Å². The fourth-order valence-corrected chi connectivity index (χ4v) is 3.10. The number of carbonyl (C=O) groups is 1. The van der Waals surface area contributed by atoms with Crippen molar-refractivity contribution >= 4 is 11.7 Å². The fourth-order valence-electron chi connectivity index (χ4n) is 3.10. The van der Waals surface area contributed by atoms with Crippen LogP contribution in [0.2, 0.25) is 0 Å². The summed E-state index contributed by atoms with van der Waals surface area (Å²) in [4.78, 5) is 14.4. The van der Waals surface area contributed by atoms with E-state index in [9.17, 15) is 9.18 Å². The highest BCUT2D eigenvalue weighted by Crippen LogP contribution is 2.32. The maximum absolute atomic E-state index is 13.6. The average molecular weight is 312 g/mol. The second-order valence-corrected chi connectivity index (χ2v) is 6.16. The lowest BCUT2D eigenvalue weighted by molar-refractivity contribution is 0.207. The van der Waals surface area contributed by atoms with Crippen LogP contribution >= 0.6 is 0 Å². The summed E-state index contributed by atoms with van der Waals surface area (Å²) in [6, 6.07) is 13.0. The second-order valence-electron chi connectivity index (χ2n) is 6.16. The minimum atomic E-state index is -0.306. The number of urea groups is 1. The predicted octanol–water partition coefficient (Wildman–Crippen LogP) is 4.81. The molecule has 0 aliphatic carbocycles. The second kappa shape index (κ2) is 6.41. The van der Waals surface area contributed by atoms with Gasteiger partial charge in [-0.15, -0.1) is 0 Å². The van der Waals surface area contributed by atoms with Crippen molar-refractivity contribution in [1.82, 2.24) is 4.90 Å². The van der Waals surface area contributed by atoms with Crippen molar-refractivity contribution in [2.24, 2.45) is 0 Å². The van der Waals surface area contributed by atoms with E-state index in [0.29, 0.717) is 11.3 Å². The lowest BCUT2D eigenvalue weighted by Crippen LogP contribution is -2.34. The molecule has 1 fully saturated rings. The molecular formula is C19H21FN2O. The van der Waals surface area contributed by atoms with Crippen molar-refractivity contribution in [3.8, 4) is 0 Å². The third-order valence-corrected chi connectivity index (χ3v) is 4.36. The van der Waals surface area contributed by atoms with Gasteiger partial charge in [0.05, 0.1) is 6.04 Å². The van der Waals surface area contributed by atoms with Crippen LogP contribution in [0.3, 0.4) is 0 Å². The van der Waals surface area contributed by atoms with Gasteiger partial charge in [-0.3, -0.25) is 0 Å². The summed E-state index contributed by atoms with van der Waals surface area (Å²) >= 11 is 0. The number of aryl methyl sites for hydroxylation is 2. The number of hydrogen-bond donors (Lipinski definition) is 1. The van der Waals surface area contributed by atoms with Gasteiger partial charge in [-0.1, -0.05) is 35.9 Å². The van der Waals surface area contributed by atoms with Crippen LogP contribution in [0.15, 0.2) is 42.5 Å². The Kier molecular flexibility index (Phi) is 4.33. The van der Waals surface area contributed by atoms with Crippen molar-refractivity contribution in [2.75, 3.05) is 11.9 Å². The quantitative estimate of drug-likeness (QED) is 0.848. The van der Waals surface area contributed by atoms with Gasteiger partial charge in [-0.25, -0.2) is 9.18 Å². The smallest absolute Gasteiger partial charge is 0.317 e. The fraction of sp³-hybridized carbons (Fsp3) is 0.316. The zero-order chi connectivity index (χ0) is 16.4. The SMILES string of the molecule is Cc1cccc(C2CCCN2C(=O)Nc2ccc(C)c(F)c2)c1. The molecular weight excluding hydrogens is 291 g/mol. The number of anilines is 1. The molecule has 2 aromatic carbocycles. The molecule has 0 aromatic heterocycles. The van der Waals surface area contributed by atoms with E-state index in [1.165, 1.54) is 11.6 Å². The van der Waals surface area contributed by atoms with Gasteiger partial charge in [0.2, 0.25) is 0 Å². The molecule has 2 amide bonds. The van der Waals surface area contributed by atoms with E-state index in [4.69, 9.17) is 0 Å². The summed E-state index contributed by atoms with van der Waals surface area (Å²) in [5, 5.41) is 2.81. The Hall–Kier alpha value is -2.36. The number of amides is 2. The number of hydrogen-bond acceptors (Lipinski definition) is 1. The van der Waals surface area contributed by atoms with E-state index in [0.717, 1.165) is 24.9 Å². The Morgan fingerprint density at radius 1 is 1.22 bits per heavy atom. The molecule has 1 heterocycles. The molecule has 1 saturated heterocycles. The zero-order valence-corrected chi connectivity index (χ0v) is 13.5.